The second kappa shape index (κ2) is 7.21. The molecule has 0 aliphatic rings. The third-order valence-corrected chi connectivity index (χ3v) is 4.38. The highest BCUT2D eigenvalue weighted by molar-refractivity contribution is 14.1. The zero-order valence-electron chi connectivity index (χ0n) is 11.9. The van der Waals surface area contributed by atoms with Gasteiger partial charge in [0.15, 0.2) is 23.3 Å². The highest BCUT2D eigenvalue weighted by atomic mass is 127. The molecule has 0 saturated carbocycles. The topological polar surface area (TPSA) is 49.3 Å². The van der Waals surface area contributed by atoms with Gasteiger partial charge >= 0.3 is 10.7 Å². The van der Waals surface area contributed by atoms with Crippen LogP contribution in [0.3, 0.4) is 0 Å². The lowest BCUT2D eigenvalue weighted by Crippen LogP contribution is -2.28. The van der Waals surface area contributed by atoms with Gasteiger partial charge in [0.05, 0.1) is 14.8 Å². The molecule has 0 atom stereocenters. The average molecular weight is 558 g/mol. The quantitative estimate of drug-likeness (QED) is 0.135. The summed E-state index contributed by atoms with van der Waals surface area (Å²) in [5, 5.41) is 11.0. The summed E-state index contributed by atoms with van der Waals surface area (Å²) >= 11 is 2.76. The molecule has 0 unspecified atom stereocenters. The van der Waals surface area contributed by atoms with Crippen LogP contribution >= 0.6 is 38.5 Å². The Morgan fingerprint density at radius 2 is 1.62 bits per heavy atom. The Bertz CT molecular complexity index is 888. The predicted octanol–water partition coefficient (Wildman–Crippen LogP) is 5.29. The lowest BCUT2D eigenvalue weighted by molar-refractivity contribution is -0.128. The van der Waals surface area contributed by atoms with Crippen LogP contribution in [-0.2, 0) is 4.79 Å². The monoisotopic (exact) mass is 557 g/mol. The number of phenols is 1. The number of amides is 1. The van der Waals surface area contributed by atoms with E-state index in [1.165, 1.54) is 5.32 Å². The molecule has 0 fully saturated rings. The highest BCUT2D eigenvalue weighted by Gasteiger charge is 2.36. The van der Waals surface area contributed by atoms with Crippen LogP contribution in [0.5, 0.6) is 5.75 Å². The number of anilines is 1. The van der Waals surface area contributed by atoms with Crippen LogP contribution in [0.25, 0.3) is 11.1 Å². The summed E-state index contributed by atoms with van der Waals surface area (Å²) in [5.74, 6) is -12.2. The number of alkyl halides is 3. The maximum absolute atomic E-state index is 14.2. The van der Waals surface area contributed by atoms with Gasteiger partial charge < -0.3 is 10.4 Å². The first-order valence-corrected chi connectivity index (χ1v) is 8.16. The molecule has 2 aromatic rings. The molecule has 0 radical (unpaired) electrons. The number of benzene rings is 2. The van der Waals surface area contributed by atoms with Crippen molar-refractivity contribution in [2.45, 2.75) is 4.83 Å². The van der Waals surface area contributed by atoms with E-state index in [1.807, 2.05) is 0 Å². The van der Waals surface area contributed by atoms with Crippen molar-refractivity contribution in [2.75, 3.05) is 5.32 Å². The number of rotatable bonds is 3. The maximum Gasteiger partial charge on any atom is 0.378 e. The van der Waals surface area contributed by atoms with Gasteiger partial charge in [0, 0.05) is 27.6 Å². The van der Waals surface area contributed by atoms with Crippen LogP contribution in [0.4, 0.5) is 36.4 Å². The van der Waals surface area contributed by atoms with E-state index < -0.39 is 66.0 Å². The zero-order chi connectivity index (χ0) is 20.0. The van der Waals surface area contributed by atoms with Gasteiger partial charge in [-0.25, -0.2) is 22.0 Å². The third kappa shape index (κ3) is 3.75. The van der Waals surface area contributed by atoms with Crippen LogP contribution in [0.15, 0.2) is 12.1 Å². The molecule has 3 nitrogen and oxygen atoms in total. The molecular formula is C14H4BrF7INO2. The van der Waals surface area contributed by atoms with Crippen LogP contribution in [0.1, 0.15) is 0 Å². The van der Waals surface area contributed by atoms with Gasteiger partial charge in [0.1, 0.15) is 11.6 Å². The van der Waals surface area contributed by atoms with E-state index in [-0.39, 0.29) is 6.07 Å². The molecule has 12 heteroatoms. The smallest absolute Gasteiger partial charge is 0.378 e. The molecule has 0 spiro atoms. The molecule has 140 valence electrons. The zero-order valence-corrected chi connectivity index (χ0v) is 15.7. The molecular weight excluding hydrogens is 554 g/mol. The number of aromatic hydroxyl groups is 1. The number of halogens is 9. The minimum Gasteiger partial charge on any atom is -0.506 e. The molecule has 26 heavy (non-hydrogen) atoms. The minimum atomic E-state index is -4.07. The van der Waals surface area contributed by atoms with Crippen molar-refractivity contribution >= 4 is 50.1 Å². The van der Waals surface area contributed by atoms with E-state index >= 15 is 0 Å². The van der Waals surface area contributed by atoms with Gasteiger partial charge in [0.2, 0.25) is 0 Å². The second-order valence-corrected chi connectivity index (χ2v) is 6.82. The Balaban J connectivity index is 2.70. The third-order valence-electron chi connectivity index (χ3n) is 3.07. The number of hydrogen-bond acceptors (Lipinski definition) is 2. The lowest BCUT2D eigenvalue weighted by Gasteiger charge is -2.14. The van der Waals surface area contributed by atoms with Crippen LogP contribution in [-0.4, -0.2) is 15.8 Å². The number of phenolic OH excluding ortho intramolecular Hbond substituents is 1. The van der Waals surface area contributed by atoms with E-state index in [0.29, 0.717) is 6.07 Å². The molecule has 0 heterocycles. The Morgan fingerprint density at radius 3 is 2.15 bits per heavy atom. The summed E-state index contributed by atoms with van der Waals surface area (Å²) in [6, 6.07) is 0.653. The summed E-state index contributed by atoms with van der Waals surface area (Å²) in [6.45, 7) is 0. The number of carbonyl (C=O) groups is 1. The second-order valence-electron chi connectivity index (χ2n) is 4.75. The Hall–Kier alpha value is -1.57. The largest absolute Gasteiger partial charge is 0.506 e. The van der Waals surface area contributed by atoms with Crippen molar-refractivity contribution in [2.24, 2.45) is 0 Å². The Morgan fingerprint density at radius 1 is 1.04 bits per heavy atom. The maximum atomic E-state index is 14.2. The molecule has 2 aromatic carbocycles. The van der Waals surface area contributed by atoms with Crippen molar-refractivity contribution in [3.8, 4) is 16.9 Å². The number of nitrogens with one attached hydrogen (secondary N) is 1. The summed E-state index contributed by atoms with van der Waals surface area (Å²) in [5.41, 5.74) is -3.22. The average Bonchev–Trinajstić information content (AvgIpc) is 2.54. The van der Waals surface area contributed by atoms with Gasteiger partial charge in [-0.15, -0.1) is 0 Å². The van der Waals surface area contributed by atoms with Gasteiger partial charge in [0.25, 0.3) is 0 Å². The SMILES string of the molecule is O=C(Nc1cc(-c2c(F)c(F)c(F)c(I)c2F)c(F)cc1O)C(F)(F)Br. The molecule has 0 saturated heterocycles. The predicted molar refractivity (Wildman–Crippen MR) is 88.6 cm³/mol. The minimum absolute atomic E-state index is 0.254. The molecule has 0 aliphatic heterocycles. The molecule has 0 aliphatic carbocycles. The first-order chi connectivity index (χ1) is 11.9. The Labute approximate surface area is 162 Å². The molecule has 2 N–H and O–H groups in total. The fourth-order valence-electron chi connectivity index (χ4n) is 1.89. The standard InChI is InChI=1S/C14H4BrF7INO2/c15-14(21,22)13(26)24-5-1-3(4(16)2-6(5)25)7-8(17)10(19)11(20)12(23)9(7)18/h1-2,25H,(H,24,26). The first-order valence-electron chi connectivity index (χ1n) is 6.28. The van der Waals surface area contributed by atoms with E-state index in [2.05, 4.69) is 0 Å². The van der Waals surface area contributed by atoms with Crippen LogP contribution in [0, 0.1) is 32.7 Å². The fourth-order valence-corrected chi connectivity index (χ4v) is 2.49. The highest BCUT2D eigenvalue weighted by Crippen LogP contribution is 2.38. The van der Waals surface area contributed by atoms with Crippen molar-refractivity contribution in [1.82, 2.24) is 0 Å². The number of carbonyl (C=O) groups excluding carboxylic acids is 1. The summed E-state index contributed by atoms with van der Waals surface area (Å²) in [4.78, 5) is 7.17. The van der Waals surface area contributed by atoms with Crippen LogP contribution < -0.4 is 5.32 Å². The molecule has 2 rings (SSSR count). The van der Waals surface area contributed by atoms with Crippen molar-refractivity contribution in [1.29, 1.82) is 0 Å². The molecule has 0 aromatic heterocycles. The van der Waals surface area contributed by atoms with E-state index in [9.17, 15) is 40.6 Å². The van der Waals surface area contributed by atoms with Crippen LogP contribution in [0.2, 0.25) is 0 Å². The van der Waals surface area contributed by atoms with E-state index in [0.717, 1.165) is 22.6 Å². The molecule has 0 bridgehead atoms. The van der Waals surface area contributed by atoms with Gasteiger partial charge in [-0.2, -0.15) is 8.78 Å². The lowest BCUT2D eigenvalue weighted by atomic mass is 10.0. The normalized spacial score (nSPS) is 11.6. The van der Waals surface area contributed by atoms with E-state index in [4.69, 9.17) is 0 Å². The van der Waals surface area contributed by atoms with Crippen molar-refractivity contribution in [3.63, 3.8) is 0 Å². The fraction of sp³-hybridized carbons (Fsp3) is 0.0714. The van der Waals surface area contributed by atoms with E-state index in [1.54, 1.807) is 15.9 Å². The summed E-state index contributed by atoms with van der Waals surface area (Å²) < 4.78 is 93.7. The summed E-state index contributed by atoms with van der Waals surface area (Å²) in [6.07, 6.45) is 0. The van der Waals surface area contributed by atoms with Crippen molar-refractivity contribution < 1.29 is 40.6 Å². The Kier molecular flexibility index (Phi) is 5.75. The molecule has 1 amide bonds. The summed E-state index contributed by atoms with van der Waals surface area (Å²) in [7, 11) is 0. The van der Waals surface area contributed by atoms with Crippen molar-refractivity contribution in [3.05, 3.63) is 44.8 Å². The van der Waals surface area contributed by atoms with Gasteiger partial charge in [-0.1, -0.05) is 0 Å². The first kappa shape index (κ1) is 20.7. The number of hydrogen-bond donors (Lipinski definition) is 2. The van der Waals surface area contributed by atoms with Gasteiger partial charge in [-0.3, -0.25) is 4.79 Å². The van der Waals surface area contributed by atoms with Gasteiger partial charge in [-0.05, 0) is 28.7 Å².